The summed E-state index contributed by atoms with van der Waals surface area (Å²) in [7, 11) is 0. The van der Waals surface area contributed by atoms with E-state index in [1.807, 2.05) is 6.08 Å². The van der Waals surface area contributed by atoms with Gasteiger partial charge in [-0.2, -0.15) is 0 Å². The molecule has 0 spiro atoms. The Kier molecular flexibility index (Phi) is 16.6. The molecule has 0 aliphatic rings. The standard InChI is InChI=1S/C18H34O/c1-2-3-4-5-6-7-8-9-10-11-12-13-14-15-16-17-18-19/h15-19H,2-14H2,1H3. The van der Waals surface area contributed by atoms with Crippen LogP contribution in [0.2, 0.25) is 0 Å². The minimum atomic E-state index is 1.08. The molecule has 19 heavy (non-hydrogen) atoms. The maximum absolute atomic E-state index is 8.44. The first-order valence-corrected chi connectivity index (χ1v) is 8.37. The first-order valence-electron chi connectivity index (χ1n) is 8.37. The zero-order valence-electron chi connectivity index (χ0n) is 12.9. The van der Waals surface area contributed by atoms with Gasteiger partial charge in [0.1, 0.15) is 0 Å². The van der Waals surface area contributed by atoms with E-state index in [-0.39, 0.29) is 0 Å². The number of rotatable bonds is 14. The fourth-order valence-corrected chi connectivity index (χ4v) is 2.33. The number of unbranched alkanes of at least 4 members (excludes halogenated alkanes) is 12. The number of allylic oxidation sites excluding steroid dienone is 3. The monoisotopic (exact) mass is 266 g/mol. The average Bonchev–Trinajstić information content (AvgIpc) is 2.43. The Labute approximate surface area is 120 Å². The Morgan fingerprint density at radius 2 is 1.11 bits per heavy atom. The van der Waals surface area contributed by atoms with E-state index in [2.05, 4.69) is 13.0 Å². The normalized spacial score (nSPS) is 11.8. The molecule has 0 aliphatic carbocycles. The van der Waals surface area contributed by atoms with E-state index in [1.54, 1.807) is 6.08 Å². The molecular formula is C18H34O. The van der Waals surface area contributed by atoms with Crippen molar-refractivity contribution in [3.63, 3.8) is 0 Å². The zero-order valence-corrected chi connectivity index (χ0v) is 12.9. The van der Waals surface area contributed by atoms with Crippen LogP contribution in [0.1, 0.15) is 90.4 Å². The van der Waals surface area contributed by atoms with E-state index in [4.69, 9.17) is 5.11 Å². The Morgan fingerprint density at radius 3 is 1.58 bits per heavy atom. The van der Waals surface area contributed by atoms with E-state index < -0.39 is 0 Å². The maximum atomic E-state index is 8.44. The Morgan fingerprint density at radius 1 is 0.632 bits per heavy atom. The second kappa shape index (κ2) is 17.3. The highest BCUT2D eigenvalue weighted by molar-refractivity contribution is 4.98. The van der Waals surface area contributed by atoms with Crippen LogP contribution in [0, 0.1) is 0 Å². The van der Waals surface area contributed by atoms with Crippen LogP contribution in [-0.4, -0.2) is 5.11 Å². The third kappa shape index (κ3) is 17.3. The lowest BCUT2D eigenvalue weighted by Crippen LogP contribution is -1.82. The summed E-state index contributed by atoms with van der Waals surface area (Å²) in [6.45, 7) is 2.28. The summed E-state index contributed by atoms with van der Waals surface area (Å²) in [5.41, 5.74) is 0. The predicted molar refractivity (Wildman–Crippen MR) is 86.6 cm³/mol. The lowest BCUT2D eigenvalue weighted by molar-refractivity contribution is 0.473. The summed E-state index contributed by atoms with van der Waals surface area (Å²) in [6.07, 6.45) is 24.8. The molecule has 0 saturated carbocycles. The van der Waals surface area contributed by atoms with E-state index >= 15 is 0 Å². The Balaban J connectivity index is 2.99. The first kappa shape index (κ1) is 18.3. The van der Waals surface area contributed by atoms with Crippen LogP contribution in [0.5, 0.6) is 0 Å². The van der Waals surface area contributed by atoms with Crippen LogP contribution in [0.3, 0.4) is 0 Å². The summed E-state index contributed by atoms with van der Waals surface area (Å²) in [4.78, 5) is 0. The van der Waals surface area contributed by atoms with Gasteiger partial charge in [-0.15, -0.1) is 0 Å². The van der Waals surface area contributed by atoms with Gasteiger partial charge in [0.05, 0.1) is 6.26 Å². The third-order valence-corrected chi connectivity index (χ3v) is 3.56. The molecule has 0 radical (unpaired) electrons. The van der Waals surface area contributed by atoms with Crippen LogP contribution >= 0.6 is 0 Å². The van der Waals surface area contributed by atoms with Crippen LogP contribution in [0.4, 0.5) is 0 Å². The molecule has 0 aromatic heterocycles. The Hall–Kier alpha value is -0.720. The molecule has 0 atom stereocenters. The van der Waals surface area contributed by atoms with Gasteiger partial charge in [0.2, 0.25) is 0 Å². The molecule has 0 aliphatic heterocycles. The molecule has 1 nitrogen and oxygen atoms in total. The zero-order chi connectivity index (χ0) is 14.0. The summed E-state index contributed by atoms with van der Waals surface area (Å²) >= 11 is 0. The van der Waals surface area contributed by atoms with Crippen molar-refractivity contribution in [1.29, 1.82) is 0 Å². The van der Waals surface area contributed by atoms with Gasteiger partial charge < -0.3 is 5.11 Å². The average molecular weight is 266 g/mol. The second-order valence-corrected chi connectivity index (χ2v) is 5.45. The lowest BCUT2D eigenvalue weighted by Gasteiger charge is -2.02. The summed E-state index contributed by atoms with van der Waals surface area (Å²) in [5, 5.41) is 8.44. The lowest BCUT2D eigenvalue weighted by atomic mass is 10.0. The number of aliphatic hydroxyl groups is 1. The minimum absolute atomic E-state index is 1.08. The van der Waals surface area contributed by atoms with Crippen molar-refractivity contribution >= 4 is 0 Å². The molecule has 1 heteroatoms. The summed E-state index contributed by atoms with van der Waals surface area (Å²) in [6, 6.07) is 0. The number of hydrogen-bond donors (Lipinski definition) is 1. The highest BCUT2D eigenvalue weighted by Gasteiger charge is 1.92. The summed E-state index contributed by atoms with van der Waals surface area (Å²) in [5.74, 6) is 0. The van der Waals surface area contributed by atoms with Gasteiger partial charge in [-0.1, -0.05) is 89.7 Å². The van der Waals surface area contributed by atoms with Gasteiger partial charge in [0, 0.05) is 0 Å². The number of hydrogen-bond acceptors (Lipinski definition) is 1. The molecule has 112 valence electrons. The smallest absolute Gasteiger partial charge is 0.0791 e. The van der Waals surface area contributed by atoms with Crippen molar-refractivity contribution < 1.29 is 5.11 Å². The van der Waals surface area contributed by atoms with E-state index in [9.17, 15) is 0 Å². The first-order chi connectivity index (χ1) is 9.41. The van der Waals surface area contributed by atoms with E-state index in [0.717, 1.165) is 12.7 Å². The second-order valence-electron chi connectivity index (χ2n) is 5.45. The van der Waals surface area contributed by atoms with Crippen molar-refractivity contribution in [2.45, 2.75) is 90.4 Å². The molecule has 0 rings (SSSR count). The largest absolute Gasteiger partial charge is 0.516 e. The maximum Gasteiger partial charge on any atom is 0.0791 e. The highest BCUT2D eigenvalue weighted by atomic mass is 16.2. The fraction of sp³-hybridized carbons (Fsp3) is 0.778. The highest BCUT2D eigenvalue weighted by Crippen LogP contribution is 2.12. The number of aliphatic hydroxyl groups excluding tert-OH is 1. The van der Waals surface area contributed by atoms with Gasteiger partial charge in [-0.05, 0) is 18.9 Å². The van der Waals surface area contributed by atoms with Crippen LogP contribution in [-0.2, 0) is 0 Å². The van der Waals surface area contributed by atoms with Gasteiger partial charge in [-0.25, -0.2) is 0 Å². The van der Waals surface area contributed by atoms with Gasteiger partial charge in [0.25, 0.3) is 0 Å². The van der Waals surface area contributed by atoms with E-state index in [0.29, 0.717) is 0 Å². The van der Waals surface area contributed by atoms with Crippen molar-refractivity contribution in [3.05, 3.63) is 24.5 Å². The van der Waals surface area contributed by atoms with E-state index in [1.165, 1.54) is 77.0 Å². The molecule has 0 saturated heterocycles. The SMILES string of the molecule is CCCCCCCCCCCCCCC=CC=CO. The predicted octanol–water partition coefficient (Wildman–Crippen LogP) is 6.71. The van der Waals surface area contributed by atoms with Crippen molar-refractivity contribution in [2.75, 3.05) is 0 Å². The molecule has 0 bridgehead atoms. The quantitative estimate of drug-likeness (QED) is 0.210. The molecule has 0 aromatic carbocycles. The van der Waals surface area contributed by atoms with Crippen molar-refractivity contribution in [3.8, 4) is 0 Å². The molecule has 0 heterocycles. The fourth-order valence-electron chi connectivity index (χ4n) is 2.33. The van der Waals surface area contributed by atoms with Gasteiger partial charge in [0.15, 0.2) is 0 Å². The molecule has 1 N–H and O–H groups in total. The molecule has 0 amide bonds. The molecule has 0 unspecified atom stereocenters. The van der Waals surface area contributed by atoms with Crippen LogP contribution in [0.25, 0.3) is 0 Å². The van der Waals surface area contributed by atoms with Crippen molar-refractivity contribution in [1.82, 2.24) is 0 Å². The van der Waals surface area contributed by atoms with Gasteiger partial charge >= 0.3 is 0 Å². The van der Waals surface area contributed by atoms with Crippen molar-refractivity contribution in [2.24, 2.45) is 0 Å². The Bertz CT molecular complexity index is 206. The molecule has 0 aromatic rings. The minimum Gasteiger partial charge on any atom is -0.516 e. The van der Waals surface area contributed by atoms with Gasteiger partial charge in [-0.3, -0.25) is 0 Å². The molecular weight excluding hydrogens is 232 g/mol. The summed E-state index contributed by atoms with van der Waals surface area (Å²) < 4.78 is 0. The molecule has 0 fully saturated rings. The van der Waals surface area contributed by atoms with Crippen LogP contribution < -0.4 is 0 Å². The van der Waals surface area contributed by atoms with Crippen LogP contribution in [0.15, 0.2) is 24.5 Å². The topological polar surface area (TPSA) is 20.2 Å². The third-order valence-electron chi connectivity index (χ3n) is 3.56.